The van der Waals surface area contributed by atoms with Gasteiger partial charge in [-0.05, 0) is 31.9 Å². The Labute approximate surface area is 216 Å². The number of hydrogen-bond donors (Lipinski definition) is 2. The molecular formula is C22H22F7N5O5. The monoisotopic (exact) mass is 569 g/mol. The van der Waals surface area contributed by atoms with Crippen LogP contribution in [0.25, 0.3) is 0 Å². The highest BCUT2D eigenvalue weighted by Gasteiger charge is 2.44. The summed E-state index contributed by atoms with van der Waals surface area (Å²) >= 11 is 0. The number of hydrogen-bond acceptors (Lipinski definition) is 7. The Hall–Kier alpha value is -4.05. The van der Waals surface area contributed by atoms with Gasteiger partial charge in [0, 0.05) is 18.7 Å². The molecule has 4 rings (SSSR count). The summed E-state index contributed by atoms with van der Waals surface area (Å²) in [4.78, 5) is 47.1. The molecule has 0 saturated carbocycles. The average Bonchev–Trinajstić information content (AvgIpc) is 3.25. The van der Waals surface area contributed by atoms with Crippen molar-refractivity contribution in [1.82, 2.24) is 19.9 Å². The summed E-state index contributed by atoms with van der Waals surface area (Å²) in [6.45, 7) is 3.25. The normalized spacial score (nSPS) is 18.8. The lowest BCUT2D eigenvalue weighted by Gasteiger charge is -2.39. The molecule has 2 aliphatic heterocycles. The van der Waals surface area contributed by atoms with E-state index in [0.29, 0.717) is 18.9 Å². The van der Waals surface area contributed by atoms with E-state index in [1.807, 2.05) is 30.0 Å². The Morgan fingerprint density at radius 3 is 2.00 bits per heavy atom. The molecule has 0 spiro atoms. The van der Waals surface area contributed by atoms with Gasteiger partial charge >= 0.3 is 24.3 Å². The van der Waals surface area contributed by atoms with Crippen molar-refractivity contribution in [3.05, 3.63) is 47.8 Å². The highest BCUT2D eigenvalue weighted by atomic mass is 19.4. The van der Waals surface area contributed by atoms with E-state index < -0.39 is 30.1 Å². The van der Waals surface area contributed by atoms with Crippen molar-refractivity contribution in [1.29, 1.82) is 0 Å². The molecule has 10 nitrogen and oxygen atoms in total. The van der Waals surface area contributed by atoms with E-state index in [2.05, 4.69) is 19.9 Å². The summed E-state index contributed by atoms with van der Waals surface area (Å²) in [7, 11) is 0. The van der Waals surface area contributed by atoms with Crippen molar-refractivity contribution < 1.29 is 55.3 Å². The number of fused-ring (bicyclic) bond motifs is 1. The number of nitrogens with zero attached hydrogens (tertiary/aromatic N) is 5. The zero-order valence-electron chi connectivity index (χ0n) is 20.1. The van der Waals surface area contributed by atoms with Crippen molar-refractivity contribution in [2.75, 3.05) is 11.4 Å². The number of halogens is 7. The van der Waals surface area contributed by atoms with E-state index in [9.17, 15) is 35.5 Å². The minimum atomic E-state index is -5.08. The lowest BCUT2D eigenvalue weighted by molar-refractivity contribution is -0.193. The smallest absolute Gasteiger partial charge is 0.475 e. The van der Waals surface area contributed by atoms with Crippen molar-refractivity contribution >= 4 is 23.8 Å². The van der Waals surface area contributed by atoms with Crippen molar-refractivity contribution in [2.24, 2.45) is 0 Å². The summed E-state index contributed by atoms with van der Waals surface area (Å²) in [5.41, 5.74) is 1.86. The third-order valence-corrected chi connectivity index (χ3v) is 5.51. The summed E-state index contributed by atoms with van der Waals surface area (Å²) in [5, 5.41) is 14.2. The van der Waals surface area contributed by atoms with E-state index in [4.69, 9.17) is 19.8 Å². The van der Waals surface area contributed by atoms with Crippen LogP contribution in [0.1, 0.15) is 30.7 Å². The predicted octanol–water partition coefficient (Wildman–Crippen LogP) is 3.36. The van der Waals surface area contributed by atoms with Crippen LogP contribution in [0.15, 0.2) is 30.6 Å². The number of rotatable bonds is 3. The van der Waals surface area contributed by atoms with Crippen LogP contribution in [0.2, 0.25) is 0 Å². The van der Waals surface area contributed by atoms with Gasteiger partial charge in [0.25, 0.3) is 0 Å². The minimum Gasteiger partial charge on any atom is -0.475 e. The summed E-state index contributed by atoms with van der Waals surface area (Å²) in [5.74, 6) is -5.24. The first-order valence-corrected chi connectivity index (χ1v) is 11.1. The van der Waals surface area contributed by atoms with Gasteiger partial charge in [0.2, 0.25) is 11.9 Å². The zero-order valence-corrected chi connectivity index (χ0v) is 20.1. The summed E-state index contributed by atoms with van der Waals surface area (Å²) in [6, 6.07) is 6.18. The Balaban J connectivity index is 0.000000317. The standard InChI is InChI=1S/C18H20FN5O.2C2HF3O2/c1-12-3-2-4-14(22-12)11-24-16-7-8-23(15(16)5-6-17(24)25)18-20-9-13(19)10-21-18;2*3-2(4,5)1(6)7/h2-4,9-10,15-16H,5-8,11H2,1H3;2*(H,6,7)/t15-,16-;;/m1../s1. The van der Waals surface area contributed by atoms with Crippen LogP contribution < -0.4 is 4.90 Å². The van der Waals surface area contributed by atoms with Crippen LogP contribution in [0, 0.1) is 12.7 Å². The Bertz CT molecular complexity index is 1140. The Kier molecular flexibility index (Phi) is 10.1. The number of carboxylic acids is 2. The molecular weight excluding hydrogens is 547 g/mol. The molecule has 39 heavy (non-hydrogen) atoms. The Morgan fingerprint density at radius 2 is 1.51 bits per heavy atom. The predicted molar refractivity (Wildman–Crippen MR) is 118 cm³/mol. The number of carboxylic acid groups (broad SMARTS) is 2. The SMILES string of the molecule is Cc1cccc(CN2C(=O)CC[C@@H]3[C@H]2CCN3c2ncc(F)cn2)n1.O=C(O)C(F)(F)F.O=C(O)C(F)(F)F. The molecule has 0 radical (unpaired) electrons. The van der Waals surface area contributed by atoms with E-state index in [0.717, 1.165) is 30.8 Å². The molecule has 17 heteroatoms. The first kappa shape index (κ1) is 31.2. The second-order valence-corrected chi connectivity index (χ2v) is 8.25. The number of amides is 1. The van der Waals surface area contributed by atoms with E-state index in [1.165, 1.54) is 12.4 Å². The van der Waals surface area contributed by atoms with Gasteiger partial charge in [-0.25, -0.2) is 23.9 Å². The van der Waals surface area contributed by atoms with Crippen LogP contribution in [0.3, 0.4) is 0 Å². The van der Waals surface area contributed by atoms with Gasteiger partial charge in [-0.1, -0.05) is 6.07 Å². The molecule has 0 unspecified atom stereocenters. The molecule has 214 valence electrons. The molecule has 4 heterocycles. The number of carbonyl (C=O) groups is 3. The fraction of sp³-hybridized carbons (Fsp3) is 0.455. The van der Waals surface area contributed by atoms with Crippen LogP contribution in [0.5, 0.6) is 0 Å². The van der Waals surface area contributed by atoms with E-state index >= 15 is 0 Å². The first-order chi connectivity index (χ1) is 18.0. The van der Waals surface area contributed by atoms with Crippen LogP contribution >= 0.6 is 0 Å². The van der Waals surface area contributed by atoms with Crippen molar-refractivity contribution in [3.63, 3.8) is 0 Å². The zero-order chi connectivity index (χ0) is 29.5. The fourth-order valence-electron chi connectivity index (χ4n) is 3.92. The van der Waals surface area contributed by atoms with Crippen LogP contribution in [-0.2, 0) is 20.9 Å². The molecule has 2 atom stereocenters. The Morgan fingerprint density at radius 1 is 0.974 bits per heavy atom. The van der Waals surface area contributed by atoms with Gasteiger partial charge in [-0.3, -0.25) is 9.78 Å². The largest absolute Gasteiger partial charge is 0.490 e. The molecule has 1 amide bonds. The molecule has 2 N–H and O–H groups in total. The van der Waals surface area contributed by atoms with E-state index in [-0.39, 0.29) is 18.0 Å². The number of aliphatic carboxylic acids is 2. The number of carbonyl (C=O) groups excluding carboxylic acids is 1. The number of likely N-dealkylation sites (tertiary alicyclic amines) is 1. The number of aromatic nitrogens is 3. The second-order valence-electron chi connectivity index (χ2n) is 8.25. The highest BCUT2D eigenvalue weighted by molar-refractivity contribution is 5.78. The highest BCUT2D eigenvalue weighted by Crippen LogP contribution is 2.34. The van der Waals surface area contributed by atoms with Gasteiger partial charge in [-0.15, -0.1) is 0 Å². The topological polar surface area (TPSA) is 137 Å². The number of anilines is 1. The molecule has 2 saturated heterocycles. The van der Waals surface area contributed by atoms with E-state index in [1.54, 1.807) is 0 Å². The van der Waals surface area contributed by atoms with Gasteiger partial charge in [-0.2, -0.15) is 26.3 Å². The summed E-state index contributed by atoms with van der Waals surface area (Å²) in [6.07, 6.45) is -5.63. The molecule has 2 fully saturated rings. The second kappa shape index (κ2) is 12.7. The number of aryl methyl sites for hydroxylation is 1. The molecule has 2 aromatic heterocycles. The average molecular weight is 569 g/mol. The molecule has 0 aromatic carbocycles. The summed E-state index contributed by atoms with van der Waals surface area (Å²) < 4.78 is 76.6. The van der Waals surface area contributed by atoms with Crippen molar-refractivity contribution in [3.8, 4) is 0 Å². The lowest BCUT2D eigenvalue weighted by atomic mass is 9.96. The van der Waals surface area contributed by atoms with Gasteiger partial charge in [0.1, 0.15) is 0 Å². The van der Waals surface area contributed by atoms with Gasteiger partial charge < -0.3 is 20.0 Å². The molecule has 0 aliphatic carbocycles. The number of piperidine rings is 1. The minimum absolute atomic E-state index is 0.122. The number of pyridine rings is 1. The maximum absolute atomic E-state index is 13.1. The van der Waals surface area contributed by atoms with Gasteiger partial charge in [0.05, 0.1) is 36.7 Å². The third-order valence-electron chi connectivity index (χ3n) is 5.51. The quantitative estimate of drug-likeness (QED) is 0.534. The lowest BCUT2D eigenvalue weighted by Crippen LogP contribution is -2.52. The maximum atomic E-state index is 13.1. The van der Waals surface area contributed by atoms with Gasteiger partial charge in [0.15, 0.2) is 5.82 Å². The van der Waals surface area contributed by atoms with Crippen LogP contribution in [0.4, 0.5) is 36.7 Å². The first-order valence-electron chi connectivity index (χ1n) is 11.1. The molecule has 2 aromatic rings. The number of alkyl halides is 6. The van der Waals surface area contributed by atoms with Crippen LogP contribution in [-0.4, -0.2) is 78.9 Å². The maximum Gasteiger partial charge on any atom is 0.490 e. The molecule has 2 aliphatic rings. The molecule has 0 bridgehead atoms. The van der Waals surface area contributed by atoms with Crippen molar-refractivity contribution in [2.45, 2.75) is 57.2 Å². The fourth-order valence-corrected chi connectivity index (χ4v) is 3.92. The third kappa shape index (κ3) is 9.03.